The van der Waals surface area contributed by atoms with Crippen molar-refractivity contribution >= 4 is 23.7 Å². The van der Waals surface area contributed by atoms with Crippen LogP contribution in [0.3, 0.4) is 0 Å². The van der Waals surface area contributed by atoms with Crippen molar-refractivity contribution < 1.29 is 19.1 Å². The monoisotopic (exact) mass is 288 g/mol. The van der Waals surface area contributed by atoms with Crippen molar-refractivity contribution in [3.63, 3.8) is 0 Å². The molecule has 1 aliphatic carbocycles. The predicted octanol–water partition coefficient (Wildman–Crippen LogP) is 2.79. The van der Waals surface area contributed by atoms with Gasteiger partial charge in [0.1, 0.15) is 5.25 Å². The van der Waals surface area contributed by atoms with E-state index in [1.165, 1.54) is 14.2 Å². The van der Waals surface area contributed by atoms with Crippen LogP contribution in [0.5, 0.6) is 0 Å². The van der Waals surface area contributed by atoms with Gasteiger partial charge in [0, 0.05) is 5.75 Å². The van der Waals surface area contributed by atoms with E-state index in [2.05, 4.69) is 6.92 Å². The second-order valence-corrected chi connectivity index (χ2v) is 6.41. The highest BCUT2D eigenvalue weighted by Crippen LogP contribution is 2.52. The van der Waals surface area contributed by atoms with Crippen molar-refractivity contribution in [3.05, 3.63) is 0 Å². The van der Waals surface area contributed by atoms with Crippen LogP contribution >= 0.6 is 11.8 Å². The summed E-state index contributed by atoms with van der Waals surface area (Å²) in [6.07, 6.45) is 5.52. The summed E-state index contributed by atoms with van der Waals surface area (Å²) in [5.41, 5.74) is 0.0657. The first kappa shape index (κ1) is 16.3. The van der Waals surface area contributed by atoms with Crippen molar-refractivity contribution in [3.8, 4) is 0 Å². The van der Waals surface area contributed by atoms with Crippen LogP contribution in [-0.2, 0) is 19.1 Å². The van der Waals surface area contributed by atoms with Gasteiger partial charge in [0.15, 0.2) is 0 Å². The molecule has 0 bridgehead atoms. The van der Waals surface area contributed by atoms with Crippen LogP contribution in [0, 0.1) is 5.41 Å². The lowest BCUT2D eigenvalue weighted by molar-refractivity contribution is -0.142. The van der Waals surface area contributed by atoms with Crippen molar-refractivity contribution in [2.45, 2.75) is 50.7 Å². The maximum absolute atomic E-state index is 11.7. The van der Waals surface area contributed by atoms with E-state index >= 15 is 0 Å². The second kappa shape index (κ2) is 7.78. The molecule has 0 saturated heterocycles. The molecule has 1 rings (SSSR count). The number of ether oxygens (including phenoxy) is 2. The number of hydrogen-bond acceptors (Lipinski definition) is 5. The molecule has 0 aromatic heterocycles. The number of hydrogen-bond donors (Lipinski definition) is 0. The zero-order valence-electron chi connectivity index (χ0n) is 12.1. The SMILES string of the molecule is CCCCC(SCC1(CC(=O)OC)CC1)C(=O)OC. The zero-order chi connectivity index (χ0) is 14.3. The smallest absolute Gasteiger partial charge is 0.318 e. The molecule has 0 aromatic rings. The number of rotatable bonds is 9. The normalized spacial score (nSPS) is 17.6. The molecule has 1 aliphatic rings. The highest BCUT2D eigenvalue weighted by molar-refractivity contribution is 8.00. The maximum atomic E-state index is 11.7. The Morgan fingerprint density at radius 1 is 1.26 bits per heavy atom. The molecule has 1 fully saturated rings. The van der Waals surface area contributed by atoms with Gasteiger partial charge in [-0.2, -0.15) is 0 Å². The number of carbonyl (C=O) groups is 2. The lowest BCUT2D eigenvalue weighted by Crippen LogP contribution is -2.22. The van der Waals surface area contributed by atoms with Crippen LogP contribution in [-0.4, -0.2) is 37.2 Å². The Morgan fingerprint density at radius 2 is 1.95 bits per heavy atom. The molecule has 0 N–H and O–H groups in total. The molecular formula is C14H24O4S. The first-order chi connectivity index (χ1) is 9.06. The topological polar surface area (TPSA) is 52.6 Å². The summed E-state index contributed by atoms with van der Waals surface area (Å²) in [5.74, 6) is 0.541. The van der Waals surface area contributed by atoms with Crippen LogP contribution in [0.2, 0.25) is 0 Å². The molecule has 0 aliphatic heterocycles. The molecule has 1 atom stereocenters. The molecule has 1 saturated carbocycles. The van der Waals surface area contributed by atoms with E-state index in [0.29, 0.717) is 6.42 Å². The van der Waals surface area contributed by atoms with Gasteiger partial charge in [-0.25, -0.2) is 0 Å². The number of methoxy groups -OCH3 is 2. The van der Waals surface area contributed by atoms with Gasteiger partial charge >= 0.3 is 11.9 Å². The lowest BCUT2D eigenvalue weighted by Gasteiger charge is -2.18. The van der Waals surface area contributed by atoms with Crippen LogP contribution in [0.25, 0.3) is 0 Å². The second-order valence-electron chi connectivity index (χ2n) is 5.22. The summed E-state index contributed by atoms with van der Waals surface area (Å²) in [7, 11) is 2.85. The molecule has 0 amide bonds. The van der Waals surface area contributed by atoms with Crippen molar-refractivity contribution in [2.75, 3.05) is 20.0 Å². The zero-order valence-corrected chi connectivity index (χ0v) is 12.9. The number of unbranched alkanes of at least 4 members (excludes halogenated alkanes) is 1. The van der Waals surface area contributed by atoms with E-state index in [1.54, 1.807) is 11.8 Å². The Kier molecular flexibility index (Phi) is 6.69. The quantitative estimate of drug-likeness (QED) is 0.611. The predicted molar refractivity (Wildman–Crippen MR) is 76.1 cm³/mol. The van der Waals surface area contributed by atoms with E-state index < -0.39 is 0 Å². The van der Waals surface area contributed by atoms with Crippen LogP contribution in [0.4, 0.5) is 0 Å². The third kappa shape index (κ3) is 5.43. The molecule has 0 radical (unpaired) electrons. The van der Waals surface area contributed by atoms with Crippen LogP contribution in [0.15, 0.2) is 0 Å². The fourth-order valence-electron chi connectivity index (χ4n) is 1.99. The van der Waals surface area contributed by atoms with Gasteiger partial charge in [-0.3, -0.25) is 9.59 Å². The van der Waals surface area contributed by atoms with E-state index in [-0.39, 0.29) is 22.6 Å². The first-order valence-electron chi connectivity index (χ1n) is 6.83. The Morgan fingerprint density at radius 3 is 2.42 bits per heavy atom. The summed E-state index contributed by atoms with van der Waals surface area (Å²) in [5, 5.41) is -0.0972. The van der Waals surface area contributed by atoms with E-state index in [9.17, 15) is 9.59 Å². The minimum Gasteiger partial charge on any atom is -0.469 e. The molecule has 4 nitrogen and oxygen atoms in total. The van der Waals surface area contributed by atoms with Gasteiger partial charge in [0.05, 0.1) is 20.6 Å². The highest BCUT2D eigenvalue weighted by atomic mass is 32.2. The molecule has 110 valence electrons. The molecule has 0 heterocycles. The van der Waals surface area contributed by atoms with Gasteiger partial charge in [0.25, 0.3) is 0 Å². The molecule has 19 heavy (non-hydrogen) atoms. The third-order valence-corrected chi connectivity index (χ3v) is 5.19. The number of thioether (sulfide) groups is 1. The van der Waals surface area contributed by atoms with Gasteiger partial charge in [-0.05, 0) is 24.7 Å². The minimum atomic E-state index is -0.152. The van der Waals surface area contributed by atoms with E-state index in [4.69, 9.17) is 9.47 Å². The summed E-state index contributed by atoms with van der Waals surface area (Å²) in [6.45, 7) is 2.11. The Labute approximate surface area is 119 Å². The lowest BCUT2D eigenvalue weighted by atomic mass is 10.1. The Bertz CT molecular complexity index is 313. The van der Waals surface area contributed by atoms with Gasteiger partial charge in [-0.15, -0.1) is 11.8 Å². The van der Waals surface area contributed by atoms with E-state index in [1.807, 2.05) is 0 Å². The summed E-state index contributed by atoms with van der Waals surface area (Å²) in [4.78, 5) is 23.0. The Balaban J connectivity index is 2.42. The average Bonchev–Trinajstić information content (AvgIpc) is 3.17. The third-order valence-electron chi connectivity index (χ3n) is 3.58. The van der Waals surface area contributed by atoms with Crippen molar-refractivity contribution in [1.82, 2.24) is 0 Å². The molecule has 0 spiro atoms. The highest BCUT2D eigenvalue weighted by Gasteiger charge is 2.45. The maximum Gasteiger partial charge on any atom is 0.318 e. The number of esters is 2. The average molecular weight is 288 g/mol. The summed E-state index contributed by atoms with van der Waals surface area (Å²) >= 11 is 1.63. The standard InChI is InChI=1S/C14H24O4S/c1-4-5-6-11(13(16)18-3)19-10-14(7-8-14)9-12(15)17-2/h11H,4-10H2,1-3H3. The van der Waals surface area contributed by atoms with E-state index in [0.717, 1.165) is 37.9 Å². The molecule has 1 unspecified atom stereocenters. The van der Waals surface area contributed by atoms with Gasteiger partial charge in [0.2, 0.25) is 0 Å². The van der Waals surface area contributed by atoms with Crippen molar-refractivity contribution in [2.24, 2.45) is 5.41 Å². The van der Waals surface area contributed by atoms with Crippen LogP contribution in [0.1, 0.15) is 45.4 Å². The van der Waals surface area contributed by atoms with Gasteiger partial charge < -0.3 is 9.47 Å². The molecule has 5 heteroatoms. The summed E-state index contributed by atoms with van der Waals surface area (Å²) < 4.78 is 9.57. The van der Waals surface area contributed by atoms with Crippen molar-refractivity contribution in [1.29, 1.82) is 0 Å². The minimum absolute atomic E-state index is 0.0657. The molecule has 0 aromatic carbocycles. The molecular weight excluding hydrogens is 264 g/mol. The fourth-order valence-corrected chi connectivity index (χ4v) is 3.51. The largest absolute Gasteiger partial charge is 0.469 e. The number of carbonyl (C=O) groups excluding carboxylic acids is 2. The summed E-state index contributed by atoms with van der Waals surface area (Å²) in [6, 6.07) is 0. The first-order valence-corrected chi connectivity index (χ1v) is 7.88. The fraction of sp³-hybridized carbons (Fsp3) is 0.857. The van der Waals surface area contributed by atoms with Crippen LogP contribution < -0.4 is 0 Å². The van der Waals surface area contributed by atoms with Gasteiger partial charge in [-0.1, -0.05) is 19.8 Å². The Hall–Kier alpha value is -0.710.